The molecule has 72 valence electrons. The third-order valence-corrected chi connectivity index (χ3v) is 1.83. The standard InChI is InChI=1S/C13H14O/c1-3-12(10-9-11(2)14)13-7-5-4-6-8-13/h3-10,14H,1H2,2H3/b11-9+,12-10+. The second-order valence-electron chi connectivity index (χ2n) is 3.00. The third-order valence-electron chi connectivity index (χ3n) is 1.83. The van der Waals surface area contributed by atoms with E-state index in [4.69, 9.17) is 5.11 Å². The van der Waals surface area contributed by atoms with Crippen LogP contribution in [0.3, 0.4) is 0 Å². The van der Waals surface area contributed by atoms with Crippen LogP contribution in [0, 0.1) is 0 Å². The lowest BCUT2D eigenvalue weighted by molar-refractivity contribution is 0.414. The quantitative estimate of drug-likeness (QED) is 0.563. The van der Waals surface area contributed by atoms with Crippen LogP contribution in [-0.2, 0) is 0 Å². The van der Waals surface area contributed by atoms with Gasteiger partial charge in [0.25, 0.3) is 0 Å². The van der Waals surface area contributed by atoms with Gasteiger partial charge in [0.1, 0.15) is 0 Å². The van der Waals surface area contributed by atoms with Crippen LogP contribution in [-0.4, -0.2) is 5.11 Å². The van der Waals surface area contributed by atoms with Crippen LogP contribution in [0.15, 0.2) is 60.9 Å². The van der Waals surface area contributed by atoms with E-state index in [-0.39, 0.29) is 0 Å². The Balaban J connectivity index is 2.99. The molecule has 1 N–H and O–H groups in total. The number of aliphatic hydroxyl groups is 1. The first-order valence-corrected chi connectivity index (χ1v) is 4.49. The number of rotatable bonds is 3. The Morgan fingerprint density at radius 3 is 2.36 bits per heavy atom. The molecule has 0 aliphatic carbocycles. The highest BCUT2D eigenvalue weighted by Gasteiger charge is 1.93. The zero-order chi connectivity index (χ0) is 10.4. The Morgan fingerprint density at radius 2 is 1.86 bits per heavy atom. The minimum absolute atomic E-state index is 0.292. The van der Waals surface area contributed by atoms with Crippen LogP contribution in [0.25, 0.3) is 5.57 Å². The summed E-state index contributed by atoms with van der Waals surface area (Å²) in [5.41, 5.74) is 2.10. The van der Waals surface area contributed by atoms with Gasteiger partial charge in [-0.25, -0.2) is 0 Å². The number of aliphatic hydroxyl groups excluding tert-OH is 1. The number of benzene rings is 1. The van der Waals surface area contributed by atoms with Crippen molar-refractivity contribution in [3.05, 3.63) is 66.5 Å². The molecule has 0 unspecified atom stereocenters. The van der Waals surface area contributed by atoms with Crippen molar-refractivity contribution in [3.8, 4) is 0 Å². The molecule has 1 nitrogen and oxygen atoms in total. The van der Waals surface area contributed by atoms with E-state index in [0.717, 1.165) is 11.1 Å². The highest BCUT2D eigenvalue weighted by molar-refractivity contribution is 5.74. The van der Waals surface area contributed by atoms with Crippen LogP contribution in [0.2, 0.25) is 0 Å². The molecule has 1 aromatic rings. The zero-order valence-electron chi connectivity index (χ0n) is 8.27. The molecule has 0 radical (unpaired) electrons. The van der Waals surface area contributed by atoms with Crippen LogP contribution < -0.4 is 0 Å². The van der Waals surface area contributed by atoms with Gasteiger partial charge >= 0.3 is 0 Å². The molecule has 1 heteroatoms. The molecule has 14 heavy (non-hydrogen) atoms. The molecule has 1 aromatic carbocycles. The van der Waals surface area contributed by atoms with Crippen LogP contribution in [0.5, 0.6) is 0 Å². The van der Waals surface area contributed by atoms with Gasteiger partial charge in [0.2, 0.25) is 0 Å². The molecule has 0 saturated carbocycles. The van der Waals surface area contributed by atoms with Gasteiger partial charge in [-0.2, -0.15) is 0 Å². The van der Waals surface area contributed by atoms with E-state index in [2.05, 4.69) is 6.58 Å². The number of hydrogen-bond acceptors (Lipinski definition) is 1. The first-order chi connectivity index (χ1) is 6.74. The van der Waals surface area contributed by atoms with Crippen molar-refractivity contribution in [2.45, 2.75) is 6.92 Å². The van der Waals surface area contributed by atoms with Crippen LogP contribution >= 0.6 is 0 Å². The summed E-state index contributed by atoms with van der Waals surface area (Å²) >= 11 is 0. The summed E-state index contributed by atoms with van der Waals surface area (Å²) in [7, 11) is 0. The fourth-order valence-corrected chi connectivity index (χ4v) is 1.12. The Hall–Kier alpha value is -1.76. The van der Waals surface area contributed by atoms with Gasteiger partial charge in [-0.15, -0.1) is 0 Å². The van der Waals surface area contributed by atoms with Crippen molar-refractivity contribution >= 4 is 5.57 Å². The predicted molar refractivity (Wildman–Crippen MR) is 61.0 cm³/mol. The van der Waals surface area contributed by atoms with Crippen molar-refractivity contribution < 1.29 is 5.11 Å². The first-order valence-electron chi connectivity index (χ1n) is 4.49. The minimum atomic E-state index is 0.292. The Bertz CT molecular complexity index is 354. The van der Waals surface area contributed by atoms with Crippen LogP contribution in [0.4, 0.5) is 0 Å². The van der Waals surface area contributed by atoms with Gasteiger partial charge in [0, 0.05) is 0 Å². The monoisotopic (exact) mass is 186 g/mol. The minimum Gasteiger partial charge on any atom is -0.513 e. The molecule has 0 fully saturated rings. The fourth-order valence-electron chi connectivity index (χ4n) is 1.12. The smallest absolute Gasteiger partial charge is 0.0891 e. The summed E-state index contributed by atoms with van der Waals surface area (Å²) in [5, 5.41) is 9.03. The summed E-state index contributed by atoms with van der Waals surface area (Å²) in [5.74, 6) is 0.292. The molecule has 1 rings (SSSR count). The summed E-state index contributed by atoms with van der Waals surface area (Å²) < 4.78 is 0. The molecule has 0 aliphatic heterocycles. The van der Waals surface area contributed by atoms with E-state index in [9.17, 15) is 0 Å². The molecule has 0 bridgehead atoms. The highest BCUT2D eigenvalue weighted by atomic mass is 16.3. The second kappa shape index (κ2) is 5.07. The lowest BCUT2D eigenvalue weighted by Crippen LogP contribution is -1.78. The Morgan fingerprint density at radius 1 is 1.21 bits per heavy atom. The van der Waals surface area contributed by atoms with Gasteiger partial charge in [0.15, 0.2) is 0 Å². The van der Waals surface area contributed by atoms with Crippen LogP contribution in [0.1, 0.15) is 12.5 Å². The topological polar surface area (TPSA) is 20.2 Å². The molecule has 0 atom stereocenters. The van der Waals surface area contributed by atoms with E-state index < -0.39 is 0 Å². The molecule has 0 spiro atoms. The van der Waals surface area contributed by atoms with Crippen molar-refractivity contribution in [2.24, 2.45) is 0 Å². The van der Waals surface area contributed by atoms with E-state index in [1.807, 2.05) is 36.4 Å². The molecular formula is C13H14O. The maximum atomic E-state index is 9.03. The lowest BCUT2D eigenvalue weighted by Gasteiger charge is -1.99. The maximum Gasteiger partial charge on any atom is 0.0891 e. The van der Waals surface area contributed by atoms with Crippen molar-refractivity contribution in [1.29, 1.82) is 0 Å². The first kappa shape index (κ1) is 10.3. The van der Waals surface area contributed by atoms with E-state index in [1.54, 1.807) is 19.1 Å². The molecular weight excluding hydrogens is 172 g/mol. The largest absolute Gasteiger partial charge is 0.513 e. The summed E-state index contributed by atoms with van der Waals surface area (Å²) in [4.78, 5) is 0. The molecule has 0 aromatic heterocycles. The molecule has 0 aliphatic rings. The maximum absolute atomic E-state index is 9.03. The van der Waals surface area contributed by atoms with Gasteiger partial charge in [-0.05, 0) is 24.1 Å². The Labute approximate surface area is 84.7 Å². The van der Waals surface area contributed by atoms with E-state index in [0.29, 0.717) is 5.76 Å². The summed E-state index contributed by atoms with van der Waals surface area (Å²) in [6.45, 7) is 5.38. The SMILES string of the molecule is C=C/C(=C\C=C(/C)O)c1ccccc1. The Kier molecular flexibility index (Phi) is 3.74. The van der Waals surface area contributed by atoms with Gasteiger partial charge in [-0.3, -0.25) is 0 Å². The van der Waals surface area contributed by atoms with E-state index in [1.165, 1.54) is 0 Å². The number of allylic oxidation sites excluding steroid dienone is 5. The van der Waals surface area contributed by atoms with Gasteiger partial charge < -0.3 is 5.11 Å². The summed E-state index contributed by atoms with van der Waals surface area (Å²) in [6, 6.07) is 9.93. The van der Waals surface area contributed by atoms with E-state index >= 15 is 0 Å². The zero-order valence-corrected chi connectivity index (χ0v) is 8.27. The average molecular weight is 186 g/mol. The average Bonchev–Trinajstić information content (AvgIpc) is 2.20. The highest BCUT2D eigenvalue weighted by Crippen LogP contribution is 2.14. The lowest BCUT2D eigenvalue weighted by atomic mass is 10.1. The summed E-state index contributed by atoms with van der Waals surface area (Å²) in [6.07, 6.45) is 5.27. The fraction of sp³-hybridized carbons (Fsp3) is 0.0769. The molecule has 0 amide bonds. The van der Waals surface area contributed by atoms with Crippen molar-refractivity contribution in [3.63, 3.8) is 0 Å². The van der Waals surface area contributed by atoms with Gasteiger partial charge in [-0.1, -0.05) is 49.1 Å². The molecule has 0 heterocycles. The molecule has 0 saturated heterocycles. The van der Waals surface area contributed by atoms with Crippen molar-refractivity contribution in [2.75, 3.05) is 0 Å². The third kappa shape index (κ3) is 2.94. The second-order valence-corrected chi connectivity index (χ2v) is 3.00. The number of hydrogen-bond donors (Lipinski definition) is 1. The van der Waals surface area contributed by atoms with Crippen molar-refractivity contribution in [1.82, 2.24) is 0 Å². The normalized spacial score (nSPS) is 12.6. The van der Waals surface area contributed by atoms with Gasteiger partial charge in [0.05, 0.1) is 5.76 Å². The predicted octanol–water partition coefficient (Wildman–Crippen LogP) is 3.72.